The number of alkyl halides is 1. The number of halogens is 1. The van der Waals surface area contributed by atoms with Crippen LogP contribution in [0, 0.1) is 62.3 Å². The number of aryl methyl sites for hydroxylation is 3. The van der Waals surface area contributed by atoms with Crippen molar-refractivity contribution in [3.8, 4) is 17.2 Å². The number of hydrogen-bond donors (Lipinski definition) is 1. The van der Waals surface area contributed by atoms with Gasteiger partial charge >= 0.3 is 0 Å². The van der Waals surface area contributed by atoms with Gasteiger partial charge in [-0.25, -0.2) is 9.37 Å². The first-order valence-electron chi connectivity index (χ1n) is 23.3. The molecule has 2 unspecified atom stereocenters. The van der Waals surface area contributed by atoms with Crippen LogP contribution in [-0.4, -0.2) is 20.9 Å². The largest absolute Gasteiger partial charge is 0.489 e. The summed E-state index contributed by atoms with van der Waals surface area (Å²) in [6.45, 7) is 17.8. The van der Waals surface area contributed by atoms with Crippen LogP contribution in [0.5, 0.6) is 17.2 Å². The molecule has 8 rings (SSSR count). The Morgan fingerprint density at radius 1 is 0.507 bits per heavy atom. The minimum atomic E-state index is -2.62. The van der Waals surface area contributed by atoms with Crippen molar-refractivity contribution in [1.29, 1.82) is 0 Å². The van der Waals surface area contributed by atoms with E-state index in [-0.39, 0.29) is 29.2 Å². The van der Waals surface area contributed by atoms with Gasteiger partial charge in [-0.15, -0.1) is 0 Å². The first kappa shape index (κ1) is 47.9. The molecule has 2 atom stereocenters. The molecule has 1 aliphatic rings. The fourth-order valence-corrected chi connectivity index (χ4v) is 9.20. The minimum Gasteiger partial charge on any atom is -0.489 e. The molecule has 0 fully saturated rings. The molecule has 0 saturated carbocycles. The lowest BCUT2D eigenvalue weighted by molar-refractivity contribution is -0.114. The van der Waals surface area contributed by atoms with E-state index in [1.165, 1.54) is 0 Å². The number of primary amides is 1. The van der Waals surface area contributed by atoms with E-state index in [4.69, 9.17) is 39.6 Å². The normalized spacial score (nSPS) is 15.7. The molecule has 7 aromatic rings. The highest BCUT2D eigenvalue weighted by Gasteiger charge is 2.55. The number of pyridine rings is 3. The number of rotatable bonds is 16. The maximum Gasteiger partial charge on any atom is 0.249 e. The number of amides is 1. The van der Waals surface area contributed by atoms with Crippen LogP contribution in [0.4, 0.5) is 4.39 Å². The molecule has 3 heterocycles. The van der Waals surface area contributed by atoms with E-state index in [1.54, 1.807) is 6.08 Å². The molecular weight excluding hydrogens is 864 g/mol. The van der Waals surface area contributed by atoms with Crippen molar-refractivity contribution in [3.05, 3.63) is 229 Å². The zero-order valence-electron chi connectivity index (χ0n) is 40.9. The zero-order valence-corrected chi connectivity index (χ0v) is 40.9. The molecule has 1 aliphatic carbocycles. The van der Waals surface area contributed by atoms with Crippen LogP contribution >= 0.6 is 0 Å². The summed E-state index contributed by atoms with van der Waals surface area (Å²) in [7, 11) is 0. The number of carbonyl (C=O) groups is 1. The Balaban J connectivity index is 1.38. The van der Waals surface area contributed by atoms with Crippen molar-refractivity contribution < 1.29 is 28.1 Å². The predicted molar refractivity (Wildman–Crippen MR) is 269 cm³/mol. The highest BCUT2D eigenvalue weighted by molar-refractivity contribution is 6.10. The Bertz CT molecular complexity index is 3080. The van der Waals surface area contributed by atoms with Crippen LogP contribution in [-0.2, 0) is 41.6 Å². The Morgan fingerprint density at radius 3 is 1.32 bits per heavy atom. The highest BCUT2D eigenvalue weighted by Crippen LogP contribution is 2.57. The van der Waals surface area contributed by atoms with Crippen LogP contribution in [0.25, 0.3) is 5.57 Å². The molecule has 0 radical (unpaired) electrons. The lowest BCUT2D eigenvalue weighted by Gasteiger charge is -2.40. The van der Waals surface area contributed by atoms with Crippen molar-refractivity contribution in [2.24, 2.45) is 5.73 Å². The average Bonchev–Trinajstić information content (AvgIpc) is 3.35. The topological polar surface area (TPSA) is 119 Å². The molecule has 2 N–H and O–H groups in total. The van der Waals surface area contributed by atoms with Crippen molar-refractivity contribution >= 4 is 11.5 Å². The van der Waals surface area contributed by atoms with E-state index in [0.717, 1.165) is 33.4 Å². The second-order valence-corrected chi connectivity index (χ2v) is 17.8. The summed E-state index contributed by atoms with van der Waals surface area (Å²) in [5.41, 5.74) is 14.3. The van der Waals surface area contributed by atoms with Crippen molar-refractivity contribution in [2.75, 3.05) is 0 Å². The summed E-state index contributed by atoms with van der Waals surface area (Å²) in [4.78, 5) is 29.7. The summed E-state index contributed by atoms with van der Waals surface area (Å²) in [6.07, 6.45) is 1.60. The summed E-state index contributed by atoms with van der Waals surface area (Å²) in [6, 6.07) is 39.1. The SMILES string of the molecule is Cc1nc(C2=C(OCc3ccccc3)C(F)(c3nc(C)c(OCc4ccccc4)c(C)c3C)C(c3nc(C)c(OCc4ccccc4)c(C)c3C)C=C2C(N)=O)c(C)c(C)c1OCc1ccccc1. The number of nitrogens with zero attached hydrogens (tertiary/aromatic N) is 3. The maximum atomic E-state index is 20.6. The molecule has 4 aromatic carbocycles. The standard InChI is InChI=1S/C59H59FN4O5/c1-35-37(3)53(66-31-44-22-14-10-15-23-44)41(7)62-51(35)49-30-48(58(61)65)50(52-36(2)38(4)54(42(8)63-52)67-32-45-24-16-11-17-25-45)57(69-34-47-28-20-13-21-29-47)59(49,60)56-40(6)39(5)55(43(9)64-56)68-33-46-26-18-12-19-27-46/h10-30,49H,31-34H2,1-9H3,(H2,61,65). The third-order valence-corrected chi connectivity index (χ3v) is 13.3. The second kappa shape index (κ2) is 20.3. The van der Waals surface area contributed by atoms with Crippen LogP contribution in [0.3, 0.4) is 0 Å². The molecular formula is C59H59FN4O5. The average molecular weight is 923 g/mol. The quantitative estimate of drug-likeness (QED) is 0.102. The third kappa shape index (κ3) is 9.61. The molecule has 0 aliphatic heterocycles. The molecule has 3 aromatic heterocycles. The lowest BCUT2D eigenvalue weighted by Crippen LogP contribution is -2.40. The van der Waals surface area contributed by atoms with E-state index in [2.05, 4.69) is 0 Å². The number of allylic oxidation sites excluding steroid dienone is 2. The number of ether oxygens (including phenoxy) is 4. The van der Waals surface area contributed by atoms with Gasteiger partial charge in [0.15, 0.2) is 5.76 Å². The van der Waals surface area contributed by atoms with Crippen LogP contribution in [0.15, 0.2) is 139 Å². The Kier molecular flexibility index (Phi) is 14.1. The monoisotopic (exact) mass is 922 g/mol. The summed E-state index contributed by atoms with van der Waals surface area (Å²) < 4.78 is 46.9. The molecule has 0 bridgehead atoms. The van der Waals surface area contributed by atoms with Crippen LogP contribution in [0.1, 0.15) is 95.7 Å². The van der Waals surface area contributed by atoms with Gasteiger partial charge in [0.2, 0.25) is 11.6 Å². The smallest absolute Gasteiger partial charge is 0.249 e. The predicted octanol–water partition coefficient (Wildman–Crippen LogP) is 12.4. The van der Waals surface area contributed by atoms with E-state index < -0.39 is 17.5 Å². The minimum absolute atomic E-state index is 0.0403. The van der Waals surface area contributed by atoms with Gasteiger partial charge in [0.1, 0.15) is 43.7 Å². The van der Waals surface area contributed by atoms with E-state index in [9.17, 15) is 4.79 Å². The Labute approximate surface area is 404 Å². The van der Waals surface area contributed by atoms with Crippen molar-refractivity contribution in [1.82, 2.24) is 15.0 Å². The van der Waals surface area contributed by atoms with Gasteiger partial charge in [0, 0.05) is 5.57 Å². The molecule has 69 heavy (non-hydrogen) atoms. The van der Waals surface area contributed by atoms with Crippen molar-refractivity contribution in [3.63, 3.8) is 0 Å². The lowest BCUT2D eigenvalue weighted by atomic mass is 9.70. The van der Waals surface area contributed by atoms with Crippen LogP contribution in [0.2, 0.25) is 0 Å². The highest BCUT2D eigenvalue weighted by atomic mass is 19.1. The summed E-state index contributed by atoms with van der Waals surface area (Å²) in [5.74, 6) is -0.490. The van der Waals surface area contributed by atoms with E-state index in [1.807, 2.05) is 184 Å². The number of hydrogen-bond acceptors (Lipinski definition) is 8. The fraction of sp³-hybridized carbons (Fsp3) is 0.254. The van der Waals surface area contributed by atoms with Gasteiger partial charge in [-0.1, -0.05) is 127 Å². The van der Waals surface area contributed by atoms with Gasteiger partial charge in [-0.05, 0) is 118 Å². The van der Waals surface area contributed by atoms with Gasteiger partial charge < -0.3 is 24.7 Å². The number of aromatic nitrogens is 3. The number of carbonyl (C=O) groups excluding carboxylic acids is 1. The van der Waals surface area contributed by atoms with Gasteiger partial charge in [0.25, 0.3) is 0 Å². The molecule has 0 spiro atoms. The number of nitrogens with two attached hydrogens (primary N) is 1. The van der Waals surface area contributed by atoms with Gasteiger partial charge in [-0.3, -0.25) is 14.8 Å². The maximum absolute atomic E-state index is 20.6. The Morgan fingerprint density at radius 2 is 0.884 bits per heavy atom. The second-order valence-electron chi connectivity index (χ2n) is 17.8. The third-order valence-electron chi connectivity index (χ3n) is 13.3. The van der Waals surface area contributed by atoms with Gasteiger partial charge in [0.05, 0.1) is 45.7 Å². The van der Waals surface area contributed by atoms with Gasteiger partial charge in [-0.2, -0.15) is 0 Å². The molecule has 0 saturated heterocycles. The zero-order chi connectivity index (χ0) is 49.0. The molecule has 352 valence electrons. The molecule has 1 amide bonds. The summed E-state index contributed by atoms with van der Waals surface area (Å²) >= 11 is 0. The molecule has 9 nitrogen and oxygen atoms in total. The Hall–Kier alpha value is -7.59. The molecule has 10 heteroatoms. The van der Waals surface area contributed by atoms with Crippen molar-refractivity contribution in [2.45, 2.75) is 100 Å². The number of benzene rings is 4. The first-order valence-corrected chi connectivity index (χ1v) is 23.3. The first-order chi connectivity index (χ1) is 33.2. The fourth-order valence-electron chi connectivity index (χ4n) is 9.20. The summed E-state index contributed by atoms with van der Waals surface area (Å²) in [5, 5.41) is 0. The van der Waals surface area contributed by atoms with E-state index in [0.29, 0.717) is 87.8 Å². The van der Waals surface area contributed by atoms with E-state index >= 15 is 4.39 Å². The van der Waals surface area contributed by atoms with Crippen LogP contribution < -0.4 is 19.9 Å².